The summed E-state index contributed by atoms with van der Waals surface area (Å²) < 4.78 is 0. The number of carbonyl (C=O) groups excluding carboxylic acids is 1. The van der Waals surface area contributed by atoms with Crippen LogP contribution in [-0.2, 0) is 4.84 Å². The first-order valence-corrected chi connectivity index (χ1v) is 10.0. The first-order chi connectivity index (χ1) is 14.4. The van der Waals surface area contributed by atoms with Crippen molar-refractivity contribution in [3.05, 3.63) is 82.9 Å². The Morgan fingerprint density at radius 1 is 0.900 bits per heavy atom. The lowest BCUT2D eigenvalue weighted by atomic mass is 9.99. The largest absolute Gasteiger partial charge is 0.297 e. The molecule has 1 unspecified atom stereocenters. The molecule has 1 aromatic heterocycles. The highest BCUT2D eigenvalue weighted by molar-refractivity contribution is 6.07. The van der Waals surface area contributed by atoms with E-state index in [1.54, 1.807) is 6.92 Å². The lowest BCUT2D eigenvalue weighted by Gasteiger charge is -2.17. The van der Waals surface area contributed by atoms with E-state index >= 15 is 0 Å². The number of rotatable bonds is 6. The molecule has 0 radical (unpaired) electrons. The van der Waals surface area contributed by atoms with Gasteiger partial charge in [0.05, 0.1) is 16.7 Å². The molecule has 0 fully saturated rings. The van der Waals surface area contributed by atoms with E-state index in [4.69, 9.17) is 9.82 Å². The average Bonchev–Trinajstić information content (AvgIpc) is 2.74. The normalized spacial score (nSPS) is 12.3. The third-order valence-electron chi connectivity index (χ3n) is 5.28. The number of aromatic nitrogens is 1. The standard InChI is InChI=1S/C25H25N3O2/c1-15-9-11-17(3)21(13-15)25(29)18(4)30-28-27-24-19-7-5-6-8-22(19)26-23-14-16(2)10-12-20(23)24/h5-14,18,28H,1-4H3,(H,26,27). The van der Waals surface area contributed by atoms with E-state index in [-0.39, 0.29) is 5.78 Å². The molecule has 4 rings (SSSR count). The topological polar surface area (TPSA) is 63.2 Å². The second kappa shape index (κ2) is 8.22. The van der Waals surface area contributed by atoms with Crippen LogP contribution in [0.5, 0.6) is 0 Å². The number of fused-ring (bicyclic) bond motifs is 2. The predicted molar refractivity (Wildman–Crippen MR) is 122 cm³/mol. The number of carbonyl (C=O) groups is 1. The summed E-state index contributed by atoms with van der Waals surface area (Å²) in [4.78, 5) is 23.2. The van der Waals surface area contributed by atoms with E-state index in [1.807, 2.05) is 69.3 Å². The van der Waals surface area contributed by atoms with Crippen LogP contribution in [0.25, 0.3) is 21.8 Å². The van der Waals surface area contributed by atoms with Gasteiger partial charge in [0.15, 0.2) is 5.78 Å². The van der Waals surface area contributed by atoms with Gasteiger partial charge in [-0.1, -0.05) is 48.0 Å². The van der Waals surface area contributed by atoms with Crippen molar-refractivity contribution in [1.29, 1.82) is 0 Å². The molecule has 0 saturated heterocycles. The zero-order valence-corrected chi connectivity index (χ0v) is 17.6. The van der Waals surface area contributed by atoms with Crippen LogP contribution in [0.2, 0.25) is 0 Å². The molecule has 30 heavy (non-hydrogen) atoms. The van der Waals surface area contributed by atoms with Gasteiger partial charge in [-0.25, -0.2) is 4.98 Å². The minimum atomic E-state index is -0.653. The molecular weight excluding hydrogens is 374 g/mol. The fourth-order valence-electron chi connectivity index (χ4n) is 3.58. The van der Waals surface area contributed by atoms with Crippen LogP contribution in [0, 0.1) is 20.8 Å². The van der Waals surface area contributed by atoms with Crippen LogP contribution >= 0.6 is 0 Å². The van der Waals surface area contributed by atoms with Crippen LogP contribution in [0.4, 0.5) is 5.69 Å². The predicted octanol–water partition coefficient (Wildman–Crippen LogP) is 5.43. The van der Waals surface area contributed by atoms with E-state index in [1.165, 1.54) is 0 Å². The Bertz CT molecular complexity index is 1250. The minimum Gasteiger partial charge on any atom is -0.297 e. The highest BCUT2D eigenvalue weighted by Gasteiger charge is 2.18. The van der Waals surface area contributed by atoms with Crippen molar-refractivity contribution >= 4 is 33.3 Å². The monoisotopic (exact) mass is 399 g/mol. The SMILES string of the molecule is Cc1ccc(C)c(C(=O)C(C)ONNc2c3ccccc3nc3cc(C)ccc23)c1. The van der Waals surface area contributed by atoms with Crippen molar-refractivity contribution in [2.45, 2.75) is 33.8 Å². The molecule has 1 heterocycles. The van der Waals surface area contributed by atoms with Crippen molar-refractivity contribution in [1.82, 2.24) is 10.6 Å². The van der Waals surface area contributed by atoms with Crippen LogP contribution in [0.3, 0.4) is 0 Å². The number of hydrogen-bond acceptors (Lipinski definition) is 5. The molecule has 5 heteroatoms. The minimum absolute atomic E-state index is 0.0643. The van der Waals surface area contributed by atoms with Gasteiger partial charge in [0.25, 0.3) is 0 Å². The number of Topliss-reactive ketones (excluding diaryl/α,β-unsaturated/α-hetero) is 1. The Morgan fingerprint density at radius 3 is 2.43 bits per heavy atom. The smallest absolute Gasteiger partial charge is 0.193 e. The van der Waals surface area contributed by atoms with Gasteiger partial charge in [0, 0.05) is 16.3 Å². The molecule has 0 saturated carbocycles. The summed E-state index contributed by atoms with van der Waals surface area (Å²) in [5, 5.41) is 1.95. The summed E-state index contributed by atoms with van der Waals surface area (Å²) in [5.41, 5.74) is 12.4. The summed E-state index contributed by atoms with van der Waals surface area (Å²) >= 11 is 0. The molecule has 0 bridgehead atoms. The molecule has 5 nitrogen and oxygen atoms in total. The van der Waals surface area contributed by atoms with E-state index in [9.17, 15) is 4.79 Å². The average molecular weight is 399 g/mol. The summed E-state index contributed by atoms with van der Waals surface area (Å²) in [5.74, 6) is -0.0643. The fraction of sp³-hybridized carbons (Fsp3) is 0.200. The lowest BCUT2D eigenvalue weighted by Crippen LogP contribution is -2.32. The molecule has 3 aromatic carbocycles. The fourth-order valence-corrected chi connectivity index (χ4v) is 3.58. The van der Waals surface area contributed by atoms with Gasteiger partial charge in [-0.05, 0) is 57.0 Å². The Kier molecular flexibility index (Phi) is 5.48. The van der Waals surface area contributed by atoms with Gasteiger partial charge in [-0.3, -0.25) is 15.1 Å². The third kappa shape index (κ3) is 3.90. The zero-order chi connectivity index (χ0) is 21.3. The molecule has 0 aliphatic rings. The molecule has 152 valence electrons. The third-order valence-corrected chi connectivity index (χ3v) is 5.28. The number of pyridine rings is 1. The summed E-state index contributed by atoms with van der Waals surface area (Å²) in [6.45, 7) is 7.70. The van der Waals surface area contributed by atoms with Crippen molar-refractivity contribution in [2.24, 2.45) is 0 Å². The molecule has 4 aromatic rings. The van der Waals surface area contributed by atoms with Gasteiger partial charge < -0.3 is 0 Å². The molecule has 2 N–H and O–H groups in total. The number of hydrogen-bond donors (Lipinski definition) is 2. The summed E-state index contributed by atoms with van der Waals surface area (Å²) in [6.07, 6.45) is -0.653. The second-order valence-corrected chi connectivity index (χ2v) is 7.69. The molecular formula is C25H25N3O2. The van der Waals surface area contributed by atoms with E-state index in [0.717, 1.165) is 44.2 Å². The van der Waals surface area contributed by atoms with E-state index in [0.29, 0.717) is 5.56 Å². The first kappa shape index (κ1) is 20.0. The van der Waals surface area contributed by atoms with Crippen molar-refractivity contribution in [2.75, 3.05) is 5.43 Å². The Labute approximate surface area is 176 Å². The Hall–Kier alpha value is -3.28. The number of nitrogens with one attached hydrogen (secondary N) is 2. The van der Waals surface area contributed by atoms with Crippen molar-refractivity contribution < 1.29 is 9.63 Å². The molecule has 1 atom stereocenters. The van der Waals surface area contributed by atoms with Gasteiger partial charge in [0.2, 0.25) is 0 Å². The summed E-state index contributed by atoms with van der Waals surface area (Å²) in [6, 6.07) is 19.9. The maximum atomic E-state index is 12.8. The van der Waals surface area contributed by atoms with Crippen molar-refractivity contribution in [3.63, 3.8) is 0 Å². The maximum absolute atomic E-state index is 12.8. The van der Waals surface area contributed by atoms with Gasteiger partial charge in [-0.2, -0.15) is 0 Å². The number of benzene rings is 3. The number of anilines is 1. The van der Waals surface area contributed by atoms with Gasteiger partial charge in [0.1, 0.15) is 6.10 Å². The first-order valence-electron chi connectivity index (χ1n) is 10.0. The maximum Gasteiger partial charge on any atom is 0.193 e. The van der Waals surface area contributed by atoms with E-state index < -0.39 is 6.10 Å². The second-order valence-electron chi connectivity index (χ2n) is 7.69. The number of nitrogens with zero attached hydrogens (tertiary/aromatic N) is 1. The van der Waals surface area contributed by atoms with Crippen LogP contribution in [-0.4, -0.2) is 16.9 Å². The quantitative estimate of drug-likeness (QED) is 0.257. The number of hydrazine groups is 1. The highest BCUT2D eigenvalue weighted by Crippen LogP contribution is 2.30. The highest BCUT2D eigenvalue weighted by atomic mass is 16.7. The lowest BCUT2D eigenvalue weighted by molar-refractivity contribution is 0.00515. The number of para-hydroxylation sites is 1. The molecule has 0 aliphatic heterocycles. The van der Waals surface area contributed by atoms with Crippen LogP contribution < -0.4 is 11.0 Å². The number of aryl methyl sites for hydroxylation is 3. The zero-order valence-electron chi connectivity index (χ0n) is 17.6. The van der Waals surface area contributed by atoms with Gasteiger partial charge >= 0.3 is 0 Å². The summed E-state index contributed by atoms with van der Waals surface area (Å²) in [7, 11) is 0. The van der Waals surface area contributed by atoms with E-state index in [2.05, 4.69) is 23.1 Å². The molecule has 0 spiro atoms. The van der Waals surface area contributed by atoms with Gasteiger partial charge in [-0.15, -0.1) is 5.59 Å². The van der Waals surface area contributed by atoms with Crippen LogP contribution in [0.15, 0.2) is 60.7 Å². The Morgan fingerprint density at radius 2 is 1.60 bits per heavy atom. The molecule has 0 aliphatic carbocycles. The molecule has 0 amide bonds. The van der Waals surface area contributed by atoms with Crippen molar-refractivity contribution in [3.8, 4) is 0 Å². The van der Waals surface area contributed by atoms with Crippen LogP contribution in [0.1, 0.15) is 34.0 Å². The Balaban J connectivity index is 1.57. The number of ketones is 1.